The number of fused-ring (bicyclic) bond motifs is 1. The number of pyridine rings is 1. The number of benzene rings is 1. The molecule has 3 heterocycles. The number of hydrogen-bond donors (Lipinski definition) is 1. The molecule has 2 aromatic rings. The van der Waals surface area contributed by atoms with Gasteiger partial charge in [0.05, 0.1) is 17.6 Å². The Morgan fingerprint density at radius 1 is 1.27 bits per heavy atom. The SMILES string of the molecule is CC1CC(c2ccc(C#N)c3ncccc23)CN(CC(=O)NC2CCN(C)CC2)C1. The molecule has 1 aromatic heterocycles. The summed E-state index contributed by atoms with van der Waals surface area (Å²) in [5.74, 6) is 0.996. The number of hydrogen-bond acceptors (Lipinski definition) is 5. The summed E-state index contributed by atoms with van der Waals surface area (Å²) in [6, 6.07) is 10.5. The highest BCUT2D eigenvalue weighted by atomic mass is 16.2. The molecule has 0 spiro atoms. The van der Waals surface area contributed by atoms with Crippen molar-refractivity contribution in [1.29, 1.82) is 5.26 Å². The lowest BCUT2D eigenvalue weighted by atomic mass is 9.83. The zero-order valence-corrected chi connectivity index (χ0v) is 18.0. The third-order valence-corrected chi connectivity index (χ3v) is 6.55. The van der Waals surface area contributed by atoms with Crippen molar-refractivity contribution in [3.05, 3.63) is 41.6 Å². The Kier molecular flexibility index (Phi) is 6.31. The Bertz CT molecular complexity index is 944. The molecule has 0 radical (unpaired) electrons. The lowest BCUT2D eigenvalue weighted by Crippen LogP contribution is -2.49. The molecule has 1 N–H and O–H groups in total. The van der Waals surface area contributed by atoms with Gasteiger partial charge in [0.2, 0.25) is 5.91 Å². The summed E-state index contributed by atoms with van der Waals surface area (Å²) in [7, 11) is 2.13. The monoisotopic (exact) mass is 405 g/mol. The quantitative estimate of drug-likeness (QED) is 0.847. The smallest absolute Gasteiger partial charge is 0.234 e. The number of nitrogens with zero attached hydrogens (tertiary/aromatic N) is 4. The molecule has 0 bridgehead atoms. The van der Waals surface area contributed by atoms with Gasteiger partial charge in [0, 0.05) is 30.7 Å². The summed E-state index contributed by atoms with van der Waals surface area (Å²) in [6.07, 6.45) is 4.90. The van der Waals surface area contributed by atoms with Crippen LogP contribution in [0.25, 0.3) is 10.9 Å². The minimum absolute atomic E-state index is 0.142. The maximum Gasteiger partial charge on any atom is 0.234 e. The van der Waals surface area contributed by atoms with E-state index in [1.54, 1.807) is 6.20 Å². The maximum atomic E-state index is 12.7. The van der Waals surface area contributed by atoms with Gasteiger partial charge in [0.1, 0.15) is 6.07 Å². The fraction of sp³-hybridized carbons (Fsp3) is 0.542. The van der Waals surface area contributed by atoms with Crippen molar-refractivity contribution in [2.75, 3.05) is 39.8 Å². The highest BCUT2D eigenvalue weighted by Gasteiger charge is 2.29. The number of nitrogens with one attached hydrogen (secondary N) is 1. The number of amides is 1. The van der Waals surface area contributed by atoms with Gasteiger partial charge < -0.3 is 10.2 Å². The van der Waals surface area contributed by atoms with E-state index in [4.69, 9.17) is 0 Å². The first-order chi connectivity index (χ1) is 14.5. The Morgan fingerprint density at radius 2 is 2.07 bits per heavy atom. The van der Waals surface area contributed by atoms with Crippen LogP contribution < -0.4 is 5.32 Å². The van der Waals surface area contributed by atoms with E-state index in [0.717, 1.165) is 56.3 Å². The van der Waals surface area contributed by atoms with Gasteiger partial charge in [-0.15, -0.1) is 0 Å². The Morgan fingerprint density at radius 3 is 2.83 bits per heavy atom. The summed E-state index contributed by atoms with van der Waals surface area (Å²) in [5.41, 5.74) is 2.64. The second-order valence-corrected chi connectivity index (χ2v) is 9.09. The van der Waals surface area contributed by atoms with Crippen LogP contribution in [-0.2, 0) is 4.79 Å². The molecule has 30 heavy (non-hydrogen) atoms. The normalized spacial score (nSPS) is 23.9. The summed E-state index contributed by atoms with van der Waals surface area (Å²) in [4.78, 5) is 21.8. The zero-order chi connectivity index (χ0) is 21.1. The molecule has 0 saturated carbocycles. The molecular formula is C24H31N5O. The van der Waals surface area contributed by atoms with Crippen LogP contribution in [0.15, 0.2) is 30.5 Å². The molecule has 4 rings (SSSR count). The first-order valence-corrected chi connectivity index (χ1v) is 11.0. The molecule has 2 atom stereocenters. The van der Waals surface area contributed by atoms with Crippen LogP contribution in [0.3, 0.4) is 0 Å². The Balaban J connectivity index is 1.46. The van der Waals surface area contributed by atoms with E-state index >= 15 is 0 Å². The molecule has 2 fully saturated rings. The lowest BCUT2D eigenvalue weighted by Gasteiger charge is -2.37. The predicted molar refractivity (Wildman–Crippen MR) is 118 cm³/mol. The molecule has 158 valence electrons. The average molecular weight is 406 g/mol. The van der Waals surface area contributed by atoms with Crippen LogP contribution in [0.4, 0.5) is 0 Å². The largest absolute Gasteiger partial charge is 0.352 e. The Hall–Kier alpha value is -2.49. The molecule has 2 unspecified atom stereocenters. The fourth-order valence-electron chi connectivity index (χ4n) is 5.09. The van der Waals surface area contributed by atoms with Gasteiger partial charge in [0.25, 0.3) is 0 Å². The van der Waals surface area contributed by atoms with E-state index in [-0.39, 0.29) is 5.91 Å². The van der Waals surface area contributed by atoms with E-state index in [9.17, 15) is 10.1 Å². The van der Waals surface area contributed by atoms with Crippen LogP contribution in [-0.4, -0.2) is 66.5 Å². The van der Waals surface area contributed by atoms with Crippen molar-refractivity contribution in [2.24, 2.45) is 5.92 Å². The summed E-state index contributed by atoms with van der Waals surface area (Å²) >= 11 is 0. The molecule has 1 amide bonds. The summed E-state index contributed by atoms with van der Waals surface area (Å²) in [5, 5.41) is 13.7. The van der Waals surface area contributed by atoms with E-state index in [1.165, 1.54) is 5.56 Å². The van der Waals surface area contributed by atoms with Crippen molar-refractivity contribution >= 4 is 16.8 Å². The molecule has 2 saturated heterocycles. The number of piperidine rings is 2. The van der Waals surface area contributed by atoms with E-state index < -0.39 is 0 Å². The number of carbonyl (C=O) groups is 1. The number of rotatable bonds is 4. The van der Waals surface area contributed by atoms with Crippen LogP contribution >= 0.6 is 0 Å². The fourth-order valence-corrected chi connectivity index (χ4v) is 5.09. The lowest BCUT2D eigenvalue weighted by molar-refractivity contribution is -0.123. The molecule has 0 aliphatic carbocycles. The van der Waals surface area contributed by atoms with E-state index in [1.807, 2.05) is 12.1 Å². The summed E-state index contributed by atoms with van der Waals surface area (Å²) < 4.78 is 0. The maximum absolute atomic E-state index is 12.7. The topological polar surface area (TPSA) is 72.3 Å². The van der Waals surface area contributed by atoms with Crippen LogP contribution in [0, 0.1) is 17.2 Å². The van der Waals surface area contributed by atoms with Crippen LogP contribution in [0.5, 0.6) is 0 Å². The molecule has 1 aromatic carbocycles. The second kappa shape index (κ2) is 9.11. The molecule has 6 nitrogen and oxygen atoms in total. The minimum Gasteiger partial charge on any atom is -0.352 e. The molecule has 2 aliphatic heterocycles. The number of nitriles is 1. The van der Waals surface area contributed by atoms with Crippen molar-refractivity contribution < 1.29 is 4.79 Å². The average Bonchev–Trinajstić information content (AvgIpc) is 2.74. The van der Waals surface area contributed by atoms with Crippen molar-refractivity contribution in [3.63, 3.8) is 0 Å². The number of aromatic nitrogens is 1. The minimum atomic E-state index is 0.142. The number of carbonyl (C=O) groups excluding carboxylic acids is 1. The third-order valence-electron chi connectivity index (χ3n) is 6.55. The van der Waals surface area contributed by atoms with Crippen molar-refractivity contribution in [1.82, 2.24) is 20.1 Å². The second-order valence-electron chi connectivity index (χ2n) is 9.09. The van der Waals surface area contributed by atoms with Gasteiger partial charge in [-0.1, -0.05) is 19.1 Å². The predicted octanol–water partition coefficient (Wildman–Crippen LogP) is 2.74. The summed E-state index contributed by atoms with van der Waals surface area (Å²) in [6.45, 7) is 6.63. The van der Waals surface area contributed by atoms with Gasteiger partial charge in [-0.3, -0.25) is 14.7 Å². The molecule has 6 heteroatoms. The molecular weight excluding hydrogens is 374 g/mol. The van der Waals surface area contributed by atoms with Crippen LogP contribution in [0.2, 0.25) is 0 Å². The highest BCUT2D eigenvalue weighted by Crippen LogP contribution is 2.34. The first-order valence-electron chi connectivity index (χ1n) is 11.0. The van der Waals surface area contributed by atoms with E-state index in [0.29, 0.717) is 30.0 Å². The number of likely N-dealkylation sites (tertiary alicyclic amines) is 2. The first kappa shape index (κ1) is 20.8. The zero-order valence-electron chi connectivity index (χ0n) is 18.0. The van der Waals surface area contributed by atoms with Gasteiger partial charge in [-0.2, -0.15) is 5.26 Å². The van der Waals surface area contributed by atoms with Gasteiger partial charge >= 0.3 is 0 Å². The van der Waals surface area contributed by atoms with Gasteiger partial charge in [0.15, 0.2) is 0 Å². The van der Waals surface area contributed by atoms with Gasteiger partial charge in [-0.25, -0.2) is 0 Å². The third kappa shape index (κ3) is 4.63. The van der Waals surface area contributed by atoms with Crippen LogP contribution in [0.1, 0.15) is 43.2 Å². The Labute approximate surface area is 178 Å². The standard InChI is InChI=1S/C24H31N5O/c1-17-12-19(21-6-5-18(13-25)24-22(21)4-3-9-26-24)15-29(14-17)16-23(30)27-20-7-10-28(2)11-8-20/h3-6,9,17,19-20H,7-8,10-12,14-16H2,1-2H3,(H,27,30). The molecule has 2 aliphatic rings. The van der Waals surface area contributed by atoms with Gasteiger partial charge in [-0.05, 0) is 68.9 Å². The van der Waals surface area contributed by atoms with Crippen molar-refractivity contribution in [2.45, 2.75) is 38.1 Å². The van der Waals surface area contributed by atoms with E-state index in [2.05, 4.69) is 52.3 Å². The van der Waals surface area contributed by atoms with Crippen molar-refractivity contribution in [3.8, 4) is 6.07 Å². The highest BCUT2D eigenvalue weighted by molar-refractivity contribution is 5.87.